The maximum absolute atomic E-state index is 12.4. The van der Waals surface area contributed by atoms with E-state index >= 15 is 0 Å². The Bertz CT molecular complexity index is 865. The molecule has 1 amide bonds. The lowest BCUT2D eigenvalue weighted by Gasteiger charge is -2.34. The van der Waals surface area contributed by atoms with Crippen molar-refractivity contribution in [2.75, 3.05) is 39.3 Å². The van der Waals surface area contributed by atoms with E-state index < -0.39 is 0 Å². The molecule has 6 heteroatoms. The smallest absolute Gasteiger partial charge is 0.234 e. The van der Waals surface area contributed by atoms with E-state index in [1.165, 1.54) is 11.1 Å². The molecule has 5 nitrogen and oxygen atoms in total. The Morgan fingerprint density at radius 2 is 1.93 bits per heavy atom. The molecule has 2 aliphatic heterocycles. The van der Waals surface area contributed by atoms with Crippen LogP contribution in [0, 0.1) is 0 Å². The molecule has 1 N–H and O–H groups in total. The second kappa shape index (κ2) is 9.16. The average Bonchev–Trinajstić information content (AvgIpc) is 3.17. The first kappa shape index (κ1) is 20.2. The molecule has 0 aliphatic carbocycles. The zero-order chi connectivity index (χ0) is 20.2. The van der Waals surface area contributed by atoms with Crippen LogP contribution in [-0.2, 0) is 17.8 Å². The molecule has 0 unspecified atom stereocenters. The fraction of sp³-hybridized carbons (Fsp3) is 0.435. The Hall–Kier alpha value is -2.08. The summed E-state index contributed by atoms with van der Waals surface area (Å²) in [5.41, 5.74) is 3.69. The number of piperazine rings is 1. The molecule has 0 saturated carbocycles. The van der Waals surface area contributed by atoms with Crippen molar-refractivity contribution < 1.29 is 9.53 Å². The van der Waals surface area contributed by atoms with Gasteiger partial charge in [0.2, 0.25) is 5.91 Å². The molecule has 0 radical (unpaired) electrons. The number of nitrogens with one attached hydrogen (secondary N) is 1. The fourth-order valence-corrected chi connectivity index (χ4v) is 4.25. The van der Waals surface area contributed by atoms with Crippen LogP contribution in [0.1, 0.15) is 29.7 Å². The minimum Gasteiger partial charge on any atom is -0.493 e. The number of rotatable bonds is 6. The van der Waals surface area contributed by atoms with Crippen molar-refractivity contribution in [2.24, 2.45) is 0 Å². The first-order valence-electron chi connectivity index (χ1n) is 10.3. The minimum atomic E-state index is -0.0497. The Labute approximate surface area is 177 Å². The molecule has 2 aliphatic rings. The molecule has 2 heterocycles. The predicted molar refractivity (Wildman–Crippen MR) is 115 cm³/mol. The molecule has 2 aromatic carbocycles. The number of hydrogen-bond acceptors (Lipinski definition) is 4. The summed E-state index contributed by atoms with van der Waals surface area (Å²) in [6.45, 7) is 7.96. The maximum atomic E-state index is 12.4. The number of hydrogen-bond donors (Lipinski definition) is 1. The summed E-state index contributed by atoms with van der Waals surface area (Å²) in [5.74, 6) is 1.10. The van der Waals surface area contributed by atoms with Gasteiger partial charge >= 0.3 is 0 Å². The highest BCUT2D eigenvalue weighted by atomic mass is 35.5. The third kappa shape index (κ3) is 5.30. The lowest BCUT2D eigenvalue weighted by molar-refractivity contribution is -0.123. The molecular formula is C23H28ClN3O2. The largest absolute Gasteiger partial charge is 0.493 e. The van der Waals surface area contributed by atoms with Crippen LogP contribution in [0.5, 0.6) is 5.75 Å². The molecule has 0 bridgehead atoms. The summed E-state index contributed by atoms with van der Waals surface area (Å²) in [5, 5.41) is 3.77. The Balaban J connectivity index is 1.22. The van der Waals surface area contributed by atoms with Crippen LogP contribution in [0.2, 0.25) is 5.02 Å². The highest BCUT2D eigenvalue weighted by Gasteiger charge is 2.21. The van der Waals surface area contributed by atoms with Gasteiger partial charge in [0.25, 0.3) is 0 Å². The molecule has 2 aromatic rings. The molecule has 1 atom stereocenters. The molecule has 1 saturated heterocycles. The van der Waals surface area contributed by atoms with E-state index in [4.69, 9.17) is 16.3 Å². The molecular weight excluding hydrogens is 386 g/mol. The van der Waals surface area contributed by atoms with Gasteiger partial charge < -0.3 is 10.1 Å². The van der Waals surface area contributed by atoms with Gasteiger partial charge in [0.15, 0.2) is 0 Å². The van der Waals surface area contributed by atoms with Crippen molar-refractivity contribution >= 4 is 17.5 Å². The van der Waals surface area contributed by atoms with Crippen molar-refractivity contribution in [2.45, 2.75) is 25.9 Å². The third-order valence-corrected chi connectivity index (χ3v) is 5.95. The number of amides is 1. The second-order valence-corrected chi connectivity index (χ2v) is 8.37. The fourth-order valence-electron chi connectivity index (χ4n) is 4.05. The van der Waals surface area contributed by atoms with Crippen LogP contribution in [0.25, 0.3) is 0 Å². The molecule has 29 heavy (non-hydrogen) atoms. The maximum Gasteiger partial charge on any atom is 0.234 e. The van der Waals surface area contributed by atoms with Gasteiger partial charge in [0.05, 0.1) is 19.2 Å². The highest BCUT2D eigenvalue weighted by Crippen LogP contribution is 2.26. The predicted octanol–water partition coefficient (Wildman–Crippen LogP) is 3.27. The van der Waals surface area contributed by atoms with E-state index in [1.807, 2.05) is 31.2 Å². The van der Waals surface area contributed by atoms with Gasteiger partial charge in [-0.2, -0.15) is 0 Å². The lowest BCUT2D eigenvalue weighted by Crippen LogP contribution is -2.49. The van der Waals surface area contributed by atoms with Crippen LogP contribution in [0.15, 0.2) is 42.5 Å². The number of ether oxygens (including phenoxy) is 1. The van der Waals surface area contributed by atoms with Crippen molar-refractivity contribution in [3.8, 4) is 5.75 Å². The van der Waals surface area contributed by atoms with E-state index in [1.54, 1.807) is 0 Å². The first-order chi connectivity index (χ1) is 14.1. The topological polar surface area (TPSA) is 44.8 Å². The van der Waals surface area contributed by atoms with Gasteiger partial charge in [0.1, 0.15) is 5.75 Å². The summed E-state index contributed by atoms with van der Waals surface area (Å²) in [6.07, 6.45) is 1.01. The Morgan fingerprint density at radius 3 is 2.72 bits per heavy atom. The van der Waals surface area contributed by atoms with Gasteiger partial charge in [0, 0.05) is 44.2 Å². The van der Waals surface area contributed by atoms with Crippen LogP contribution in [0.3, 0.4) is 0 Å². The van der Waals surface area contributed by atoms with Crippen LogP contribution in [-0.4, -0.2) is 55.0 Å². The Kier molecular flexibility index (Phi) is 6.38. The van der Waals surface area contributed by atoms with Gasteiger partial charge in [-0.3, -0.25) is 14.6 Å². The number of fused-ring (bicyclic) bond motifs is 1. The number of benzene rings is 2. The van der Waals surface area contributed by atoms with Gasteiger partial charge in [-0.15, -0.1) is 0 Å². The van der Waals surface area contributed by atoms with Crippen LogP contribution >= 0.6 is 11.6 Å². The number of halogens is 1. The zero-order valence-corrected chi connectivity index (χ0v) is 17.6. The SMILES string of the molecule is C[C@@H](NC(=O)CN1CCN(Cc2ccc3c(c2)CCO3)CC1)c1cccc(Cl)c1. The second-order valence-electron chi connectivity index (χ2n) is 7.94. The van der Waals surface area contributed by atoms with Gasteiger partial charge in [-0.1, -0.05) is 35.9 Å². The van der Waals surface area contributed by atoms with E-state index in [2.05, 4.69) is 33.3 Å². The van der Waals surface area contributed by atoms with Crippen LogP contribution in [0.4, 0.5) is 0 Å². The zero-order valence-electron chi connectivity index (χ0n) is 16.9. The standard InChI is InChI=1S/C23H28ClN3O2/c1-17(19-3-2-4-21(24)14-19)25-23(28)16-27-10-8-26(9-11-27)15-18-5-6-22-20(13-18)7-12-29-22/h2-6,13-14,17H,7-12,15-16H2,1H3,(H,25,28)/t17-/m1/s1. The molecule has 154 valence electrons. The van der Waals surface area contributed by atoms with Crippen molar-refractivity contribution in [3.63, 3.8) is 0 Å². The normalized spacial score (nSPS) is 18.1. The number of carbonyl (C=O) groups is 1. The van der Waals surface area contributed by atoms with Gasteiger partial charge in [-0.25, -0.2) is 0 Å². The summed E-state index contributed by atoms with van der Waals surface area (Å²) >= 11 is 6.05. The van der Waals surface area contributed by atoms with Crippen molar-refractivity contribution in [3.05, 3.63) is 64.2 Å². The lowest BCUT2D eigenvalue weighted by atomic mass is 10.1. The number of nitrogens with zero attached hydrogens (tertiary/aromatic N) is 2. The van der Waals surface area contributed by atoms with Gasteiger partial charge in [-0.05, 0) is 41.8 Å². The molecule has 4 rings (SSSR count). The summed E-state index contributed by atoms with van der Waals surface area (Å²) < 4.78 is 5.59. The first-order valence-corrected chi connectivity index (χ1v) is 10.7. The van der Waals surface area contributed by atoms with Crippen molar-refractivity contribution in [1.29, 1.82) is 0 Å². The third-order valence-electron chi connectivity index (χ3n) is 5.72. The van der Waals surface area contributed by atoms with Crippen molar-refractivity contribution in [1.82, 2.24) is 15.1 Å². The quantitative estimate of drug-likeness (QED) is 0.789. The number of carbonyl (C=O) groups excluding carboxylic acids is 1. The summed E-state index contributed by atoms with van der Waals surface area (Å²) in [4.78, 5) is 17.1. The van der Waals surface area contributed by atoms with E-state index in [0.29, 0.717) is 11.6 Å². The highest BCUT2D eigenvalue weighted by molar-refractivity contribution is 6.30. The molecule has 1 fully saturated rings. The summed E-state index contributed by atoms with van der Waals surface area (Å²) in [7, 11) is 0. The van der Waals surface area contributed by atoms with Crippen LogP contribution < -0.4 is 10.1 Å². The monoisotopic (exact) mass is 413 g/mol. The molecule has 0 aromatic heterocycles. The molecule has 0 spiro atoms. The van der Waals surface area contributed by atoms with E-state index in [-0.39, 0.29) is 11.9 Å². The minimum absolute atomic E-state index is 0.0497. The Morgan fingerprint density at radius 1 is 1.14 bits per heavy atom. The van der Waals surface area contributed by atoms with E-state index in [0.717, 1.165) is 57.1 Å². The van der Waals surface area contributed by atoms with E-state index in [9.17, 15) is 4.79 Å². The summed E-state index contributed by atoms with van der Waals surface area (Å²) in [6, 6.07) is 14.1. The average molecular weight is 414 g/mol.